The lowest BCUT2D eigenvalue weighted by molar-refractivity contribution is 0.200. The highest BCUT2D eigenvalue weighted by Gasteiger charge is 2.40. The van der Waals surface area contributed by atoms with Crippen molar-refractivity contribution in [1.29, 1.82) is 0 Å². The number of ether oxygens (including phenoxy) is 1. The molecule has 1 aromatic carbocycles. The van der Waals surface area contributed by atoms with Gasteiger partial charge in [-0.25, -0.2) is 4.68 Å². The average Bonchev–Trinajstić information content (AvgIpc) is 3.07. The smallest absolute Gasteiger partial charge is 0.266 e. The summed E-state index contributed by atoms with van der Waals surface area (Å²) in [4.78, 5) is 11.5. The van der Waals surface area contributed by atoms with Crippen molar-refractivity contribution in [3.63, 3.8) is 0 Å². The molecule has 6 heteroatoms. The molecular weight excluding hydrogens is 280 g/mol. The van der Waals surface area contributed by atoms with Crippen molar-refractivity contribution in [2.75, 3.05) is 0 Å². The number of nitrogens with one attached hydrogen (secondary N) is 1. The van der Waals surface area contributed by atoms with Gasteiger partial charge in [0, 0.05) is 18.5 Å². The van der Waals surface area contributed by atoms with Gasteiger partial charge in [-0.1, -0.05) is 0 Å². The number of nitrogens with zero attached hydrogens (tertiary/aromatic N) is 3. The normalized spacial score (nSPS) is 15.9. The second-order valence-electron chi connectivity index (χ2n) is 6.01. The van der Waals surface area contributed by atoms with Crippen molar-refractivity contribution in [2.24, 2.45) is 7.05 Å². The third kappa shape index (κ3) is 2.16. The molecule has 1 saturated carbocycles. The van der Waals surface area contributed by atoms with E-state index in [1.165, 1.54) is 10.7 Å². The van der Waals surface area contributed by atoms with Gasteiger partial charge in [0.1, 0.15) is 22.7 Å². The van der Waals surface area contributed by atoms with Crippen LogP contribution in [0, 0.1) is 0 Å². The van der Waals surface area contributed by atoms with E-state index in [1.54, 1.807) is 13.1 Å². The average molecular weight is 296 g/mol. The summed E-state index contributed by atoms with van der Waals surface area (Å²) in [6.45, 7) is 2.11. The predicted molar refractivity (Wildman–Crippen MR) is 82.8 cm³/mol. The SMILES string of the molecule is Cn1nc(-c2n[nH]c3ccc(OC4(C)CC4)cc23)ccc1=O. The molecule has 0 unspecified atom stereocenters. The molecule has 0 atom stereocenters. The van der Waals surface area contributed by atoms with Crippen LogP contribution in [0.2, 0.25) is 0 Å². The Morgan fingerprint density at radius 2 is 2.09 bits per heavy atom. The molecule has 0 spiro atoms. The fourth-order valence-electron chi connectivity index (χ4n) is 2.44. The highest BCUT2D eigenvalue weighted by Crippen LogP contribution is 2.40. The molecular formula is C16H16N4O2. The summed E-state index contributed by atoms with van der Waals surface area (Å²) < 4.78 is 7.31. The fraction of sp³-hybridized carbons (Fsp3) is 0.312. The van der Waals surface area contributed by atoms with Crippen molar-refractivity contribution in [2.45, 2.75) is 25.4 Å². The highest BCUT2D eigenvalue weighted by atomic mass is 16.5. The van der Waals surface area contributed by atoms with Gasteiger partial charge in [-0.2, -0.15) is 10.2 Å². The molecule has 2 aromatic heterocycles. The Morgan fingerprint density at radius 3 is 2.82 bits per heavy atom. The molecule has 1 aliphatic rings. The number of aromatic nitrogens is 4. The Balaban J connectivity index is 1.81. The number of hydrogen-bond donors (Lipinski definition) is 1. The summed E-state index contributed by atoms with van der Waals surface area (Å²) >= 11 is 0. The number of rotatable bonds is 3. The van der Waals surface area contributed by atoms with E-state index in [0.29, 0.717) is 5.69 Å². The molecule has 1 N–H and O–H groups in total. The molecule has 0 amide bonds. The summed E-state index contributed by atoms with van der Waals surface area (Å²) in [6, 6.07) is 9.06. The standard InChI is InChI=1S/C16H16N4O2/c1-16(7-8-16)22-10-3-4-12-11(9-10)15(18-17-12)13-5-6-14(21)20(2)19-13/h3-6,9H,7-8H2,1-2H3,(H,17,18). The predicted octanol–water partition coefficient (Wildman–Crippen LogP) is 2.25. The first-order valence-corrected chi connectivity index (χ1v) is 7.26. The number of benzene rings is 1. The molecule has 4 rings (SSSR count). The zero-order valence-corrected chi connectivity index (χ0v) is 12.5. The van der Waals surface area contributed by atoms with E-state index in [4.69, 9.17) is 4.74 Å². The Morgan fingerprint density at radius 1 is 1.27 bits per heavy atom. The van der Waals surface area contributed by atoms with Gasteiger partial charge in [0.05, 0.1) is 5.52 Å². The lowest BCUT2D eigenvalue weighted by Crippen LogP contribution is -2.18. The first-order valence-electron chi connectivity index (χ1n) is 7.26. The molecule has 1 aliphatic carbocycles. The largest absolute Gasteiger partial charge is 0.488 e. The Kier molecular flexibility index (Phi) is 2.63. The van der Waals surface area contributed by atoms with Crippen LogP contribution in [0.5, 0.6) is 5.75 Å². The van der Waals surface area contributed by atoms with Crippen LogP contribution in [0.3, 0.4) is 0 Å². The molecule has 6 nitrogen and oxygen atoms in total. The Bertz CT molecular complexity index is 921. The first kappa shape index (κ1) is 13.1. The number of aromatic amines is 1. The molecule has 2 heterocycles. The topological polar surface area (TPSA) is 72.8 Å². The van der Waals surface area contributed by atoms with Crippen LogP contribution >= 0.6 is 0 Å². The second-order valence-corrected chi connectivity index (χ2v) is 6.01. The lowest BCUT2D eigenvalue weighted by atomic mass is 10.1. The van der Waals surface area contributed by atoms with Crippen LogP contribution in [0.4, 0.5) is 0 Å². The van der Waals surface area contributed by atoms with Crippen LogP contribution in [0.15, 0.2) is 35.1 Å². The van der Waals surface area contributed by atoms with E-state index in [2.05, 4.69) is 22.2 Å². The third-order valence-electron chi connectivity index (χ3n) is 4.06. The minimum atomic E-state index is -0.144. The van der Waals surface area contributed by atoms with Gasteiger partial charge < -0.3 is 4.74 Å². The molecule has 3 aromatic rings. The maximum Gasteiger partial charge on any atom is 0.266 e. The van der Waals surface area contributed by atoms with Crippen molar-refractivity contribution >= 4 is 10.9 Å². The molecule has 22 heavy (non-hydrogen) atoms. The number of hydrogen-bond acceptors (Lipinski definition) is 4. The third-order valence-corrected chi connectivity index (χ3v) is 4.06. The molecule has 1 fully saturated rings. The van der Waals surface area contributed by atoms with Crippen molar-refractivity contribution in [3.05, 3.63) is 40.7 Å². The first-order chi connectivity index (χ1) is 10.5. The molecule has 112 valence electrons. The van der Waals surface area contributed by atoms with Gasteiger partial charge in [0.2, 0.25) is 0 Å². The monoisotopic (exact) mass is 296 g/mol. The van der Waals surface area contributed by atoms with Gasteiger partial charge in [0.25, 0.3) is 5.56 Å². The van der Waals surface area contributed by atoms with Crippen LogP contribution < -0.4 is 10.3 Å². The van der Waals surface area contributed by atoms with Crippen molar-refractivity contribution < 1.29 is 4.74 Å². The number of aryl methyl sites for hydroxylation is 1. The minimum absolute atomic E-state index is 0.0214. The van der Waals surface area contributed by atoms with E-state index >= 15 is 0 Å². The Labute approximate surface area is 126 Å². The van der Waals surface area contributed by atoms with Gasteiger partial charge in [-0.15, -0.1) is 0 Å². The van der Waals surface area contributed by atoms with E-state index in [9.17, 15) is 4.79 Å². The van der Waals surface area contributed by atoms with Crippen LogP contribution in [-0.4, -0.2) is 25.6 Å². The summed E-state index contributed by atoms with van der Waals surface area (Å²) in [6.07, 6.45) is 2.18. The van der Waals surface area contributed by atoms with Crippen LogP contribution in [0.1, 0.15) is 19.8 Å². The molecule has 0 saturated heterocycles. The maximum absolute atomic E-state index is 11.5. The molecule has 0 radical (unpaired) electrons. The van der Waals surface area contributed by atoms with Gasteiger partial charge in [-0.3, -0.25) is 9.89 Å². The highest BCUT2D eigenvalue weighted by molar-refractivity contribution is 5.92. The van der Waals surface area contributed by atoms with E-state index in [0.717, 1.165) is 35.2 Å². The quantitative estimate of drug-likeness (QED) is 0.804. The van der Waals surface area contributed by atoms with E-state index in [1.807, 2.05) is 18.2 Å². The minimum Gasteiger partial charge on any atom is -0.488 e. The zero-order chi connectivity index (χ0) is 15.3. The maximum atomic E-state index is 11.5. The molecule has 0 bridgehead atoms. The molecule has 0 aliphatic heterocycles. The van der Waals surface area contributed by atoms with E-state index in [-0.39, 0.29) is 11.2 Å². The number of fused-ring (bicyclic) bond motifs is 1. The number of H-pyrrole nitrogens is 1. The summed E-state index contributed by atoms with van der Waals surface area (Å²) in [5, 5.41) is 12.5. The van der Waals surface area contributed by atoms with Crippen molar-refractivity contribution in [1.82, 2.24) is 20.0 Å². The van der Waals surface area contributed by atoms with Gasteiger partial charge in [-0.05, 0) is 44.0 Å². The zero-order valence-electron chi connectivity index (χ0n) is 12.5. The Hall–Kier alpha value is -2.63. The van der Waals surface area contributed by atoms with E-state index < -0.39 is 0 Å². The summed E-state index contributed by atoms with van der Waals surface area (Å²) in [5.74, 6) is 0.833. The van der Waals surface area contributed by atoms with Crippen LogP contribution in [0.25, 0.3) is 22.3 Å². The fourth-order valence-corrected chi connectivity index (χ4v) is 2.44. The second kappa shape index (κ2) is 4.43. The summed E-state index contributed by atoms with van der Waals surface area (Å²) in [7, 11) is 1.63. The van der Waals surface area contributed by atoms with Crippen LogP contribution in [-0.2, 0) is 7.05 Å². The van der Waals surface area contributed by atoms with Crippen molar-refractivity contribution in [3.8, 4) is 17.1 Å². The van der Waals surface area contributed by atoms with Gasteiger partial charge in [0.15, 0.2) is 0 Å². The van der Waals surface area contributed by atoms with Gasteiger partial charge >= 0.3 is 0 Å². The lowest BCUT2D eigenvalue weighted by Gasteiger charge is -2.12. The summed E-state index contributed by atoms with van der Waals surface area (Å²) in [5.41, 5.74) is 2.13.